The zero-order chi connectivity index (χ0) is 14.8. The number of aliphatic carboxylic acids is 1. The largest absolute Gasteiger partial charge is 0.480 e. The minimum Gasteiger partial charge on any atom is -0.480 e. The van der Waals surface area contributed by atoms with Crippen molar-refractivity contribution < 1.29 is 14.3 Å². The van der Waals surface area contributed by atoms with Gasteiger partial charge in [0, 0.05) is 6.54 Å². The third-order valence-corrected chi connectivity index (χ3v) is 4.50. The Labute approximate surface area is 123 Å². The Hall–Kier alpha value is -1.13. The number of hydrogen-bond acceptors (Lipinski definition) is 2. The summed E-state index contributed by atoms with van der Waals surface area (Å²) in [6.45, 7) is 3.07. The fraction of sp³-hybridized carbons (Fsp3) is 0.533. The molecule has 1 aromatic rings. The highest BCUT2D eigenvalue weighted by Gasteiger charge is 2.46. The molecule has 2 rings (SSSR count). The van der Waals surface area contributed by atoms with Crippen LogP contribution in [0, 0.1) is 5.82 Å². The van der Waals surface area contributed by atoms with Gasteiger partial charge < -0.3 is 5.11 Å². The highest BCUT2D eigenvalue weighted by molar-refractivity contribution is 6.31. The minimum absolute atomic E-state index is 0.0928. The molecule has 0 amide bonds. The minimum atomic E-state index is -0.829. The van der Waals surface area contributed by atoms with E-state index < -0.39 is 17.3 Å². The molecule has 0 radical (unpaired) electrons. The van der Waals surface area contributed by atoms with E-state index in [0.29, 0.717) is 31.5 Å². The van der Waals surface area contributed by atoms with Crippen LogP contribution in [0.5, 0.6) is 0 Å². The molecule has 1 aliphatic rings. The molecular weight excluding hydrogens is 281 g/mol. The maximum atomic E-state index is 13.5. The average molecular weight is 300 g/mol. The van der Waals surface area contributed by atoms with Crippen LogP contribution in [-0.4, -0.2) is 28.1 Å². The van der Waals surface area contributed by atoms with Crippen LogP contribution in [0.3, 0.4) is 0 Å². The smallest absolute Gasteiger partial charge is 0.324 e. The Bertz CT molecular complexity index is 509. The molecule has 3 nitrogen and oxygen atoms in total. The van der Waals surface area contributed by atoms with Crippen LogP contribution in [0.2, 0.25) is 5.02 Å². The summed E-state index contributed by atoms with van der Waals surface area (Å²) in [6, 6.07) is 4.67. The first-order chi connectivity index (χ1) is 9.51. The van der Waals surface area contributed by atoms with E-state index in [1.165, 1.54) is 6.07 Å². The Balaban J connectivity index is 2.27. The first-order valence-electron chi connectivity index (χ1n) is 6.92. The number of rotatable bonds is 5. The number of hydrogen-bond donors (Lipinski definition) is 1. The molecule has 1 saturated heterocycles. The van der Waals surface area contributed by atoms with Gasteiger partial charge in [-0.1, -0.05) is 37.1 Å². The molecule has 1 aromatic carbocycles. The molecule has 1 atom stereocenters. The van der Waals surface area contributed by atoms with E-state index in [4.69, 9.17) is 11.6 Å². The van der Waals surface area contributed by atoms with Crippen molar-refractivity contribution in [3.63, 3.8) is 0 Å². The summed E-state index contributed by atoms with van der Waals surface area (Å²) in [4.78, 5) is 13.6. The quantitative estimate of drug-likeness (QED) is 0.901. The zero-order valence-corrected chi connectivity index (χ0v) is 12.3. The second-order valence-electron chi connectivity index (χ2n) is 5.32. The molecule has 0 saturated carbocycles. The van der Waals surface area contributed by atoms with Crippen molar-refractivity contribution in [3.8, 4) is 0 Å². The molecule has 110 valence electrons. The van der Waals surface area contributed by atoms with E-state index in [2.05, 4.69) is 0 Å². The number of halogens is 2. The molecule has 1 unspecified atom stereocenters. The summed E-state index contributed by atoms with van der Waals surface area (Å²) in [6.07, 6.45) is 2.90. The summed E-state index contributed by atoms with van der Waals surface area (Å²) >= 11 is 5.97. The van der Waals surface area contributed by atoms with E-state index in [1.54, 1.807) is 12.1 Å². The van der Waals surface area contributed by atoms with Gasteiger partial charge in [0.2, 0.25) is 0 Å². The van der Waals surface area contributed by atoms with Gasteiger partial charge in [-0.15, -0.1) is 0 Å². The predicted octanol–water partition coefficient (Wildman–Crippen LogP) is 3.70. The Morgan fingerprint density at radius 2 is 2.30 bits per heavy atom. The normalized spacial score (nSPS) is 23.1. The lowest BCUT2D eigenvalue weighted by Gasteiger charge is -2.34. The maximum absolute atomic E-state index is 13.5. The molecule has 0 aliphatic carbocycles. The van der Waals surface area contributed by atoms with Gasteiger partial charge in [-0.25, -0.2) is 4.39 Å². The number of likely N-dealkylation sites (tertiary alicyclic amines) is 1. The van der Waals surface area contributed by atoms with Crippen molar-refractivity contribution in [1.82, 2.24) is 4.90 Å². The van der Waals surface area contributed by atoms with Crippen molar-refractivity contribution in [3.05, 3.63) is 34.6 Å². The number of carboxylic acids is 1. The number of carboxylic acid groups (broad SMARTS) is 1. The van der Waals surface area contributed by atoms with Gasteiger partial charge in [-0.2, -0.15) is 0 Å². The van der Waals surface area contributed by atoms with E-state index in [0.717, 1.165) is 12.8 Å². The molecule has 1 aliphatic heterocycles. The Morgan fingerprint density at radius 3 is 2.95 bits per heavy atom. The standard InChI is InChI=1S/C15H19ClFNO2/c1-2-7-15(14(19)20)8-4-9-18(15)10-11-5-3-6-12(17)13(11)16/h3,5-6H,2,4,7-10H2,1H3,(H,19,20). The molecule has 1 heterocycles. The van der Waals surface area contributed by atoms with Crippen molar-refractivity contribution >= 4 is 17.6 Å². The van der Waals surface area contributed by atoms with Crippen molar-refractivity contribution in [2.45, 2.75) is 44.7 Å². The monoisotopic (exact) mass is 299 g/mol. The highest BCUT2D eigenvalue weighted by atomic mass is 35.5. The van der Waals surface area contributed by atoms with Gasteiger partial charge in [-0.3, -0.25) is 9.69 Å². The zero-order valence-electron chi connectivity index (χ0n) is 11.5. The van der Waals surface area contributed by atoms with Crippen molar-refractivity contribution in [1.29, 1.82) is 0 Å². The SMILES string of the molecule is CCCC1(C(=O)O)CCCN1Cc1cccc(F)c1Cl. The first kappa shape index (κ1) is 15.3. The van der Waals surface area contributed by atoms with E-state index in [9.17, 15) is 14.3 Å². The van der Waals surface area contributed by atoms with Gasteiger partial charge in [0.15, 0.2) is 0 Å². The molecule has 0 aromatic heterocycles. The molecule has 5 heteroatoms. The van der Waals surface area contributed by atoms with Crippen molar-refractivity contribution in [2.24, 2.45) is 0 Å². The number of carbonyl (C=O) groups is 1. The molecule has 0 spiro atoms. The molecule has 0 bridgehead atoms. The molecular formula is C15H19ClFNO2. The lowest BCUT2D eigenvalue weighted by molar-refractivity contribution is -0.150. The van der Waals surface area contributed by atoms with Crippen LogP contribution >= 0.6 is 11.6 Å². The van der Waals surface area contributed by atoms with E-state index >= 15 is 0 Å². The predicted molar refractivity (Wildman–Crippen MR) is 76.3 cm³/mol. The highest BCUT2D eigenvalue weighted by Crippen LogP contribution is 2.36. The van der Waals surface area contributed by atoms with Crippen LogP contribution < -0.4 is 0 Å². The summed E-state index contributed by atoms with van der Waals surface area (Å²) in [7, 11) is 0. The molecule has 1 fully saturated rings. The fourth-order valence-corrected chi connectivity index (χ4v) is 3.27. The molecule has 1 N–H and O–H groups in total. The van der Waals surface area contributed by atoms with Gasteiger partial charge in [-0.05, 0) is 37.4 Å². The van der Waals surface area contributed by atoms with Gasteiger partial charge in [0.05, 0.1) is 5.02 Å². The van der Waals surface area contributed by atoms with Gasteiger partial charge in [0.1, 0.15) is 11.4 Å². The maximum Gasteiger partial charge on any atom is 0.324 e. The molecule has 20 heavy (non-hydrogen) atoms. The summed E-state index contributed by atoms with van der Waals surface area (Å²) in [5.41, 5.74) is -0.181. The average Bonchev–Trinajstić information content (AvgIpc) is 2.80. The first-order valence-corrected chi connectivity index (χ1v) is 7.30. The van der Waals surface area contributed by atoms with Crippen LogP contribution in [0.25, 0.3) is 0 Å². The lowest BCUT2D eigenvalue weighted by atomic mass is 9.90. The van der Waals surface area contributed by atoms with E-state index in [1.807, 2.05) is 11.8 Å². The van der Waals surface area contributed by atoms with Gasteiger partial charge >= 0.3 is 5.97 Å². The third kappa shape index (κ3) is 2.67. The number of benzene rings is 1. The second-order valence-corrected chi connectivity index (χ2v) is 5.70. The fourth-order valence-electron chi connectivity index (χ4n) is 3.09. The Kier molecular flexibility index (Phi) is 4.66. The van der Waals surface area contributed by atoms with Gasteiger partial charge in [0.25, 0.3) is 0 Å². The summed E-state index contributed by atoms with van der Waals surface area (Å²) < 4.78 is 13.5. The van der Waals surface area contributed by atoms with Crippen LogP contribution in [0.1, 0.15) is 38.2 Å². The van der Waals surface area contributed by atoms with Crippen LogP contribution in [0.15, 0.2) is 18.2 Å². The van der Waals surface area contributed by atoms with Crippen LogP contribution in [-0.2, 0) is 11.3 Å². The second kappa shape index (κ2) is 6.10. The van der Waals surface area contributed by atoms with E-state index in [-0.39, 0.29) is 5.02 Å². The summed E-state index contributed by atoms with van der Waals surface area (Å²) in [5.74, 6) is -1.25. The third-order valence-electron chi connectivity index (χ3n) is 4.08. The summed E-state index contributed by atoms with van der Waals surface area (Å²) in [5, 5.41) is 9.71. The van der Waals surface area contributed by atoms with Crippen LogP contribution in [0.4, 0.5) is 4.39 Å². The number of nitrogens with zero attached hydrogens (tertiary/aromatic N) is 1. The van der Waals surface area contributed by atoms with Crippen molar-refractivity contribution in [2.75, 3.05) is 6.54 Å². The lowest BCUT2D eigenvalue weighted by Crippen LogP contribution is -2.50. The Morgan fingerprint density at radius 1 is 1.55 bits per heavy atom. The topological polar surface area (TPSA) is 40.5 Å².